The van der Waals surface area contributed by atoms with E-state index in [0.29, 0.717) is 31.6 Å². The monoisotopic (exact) mass is 354 g/mol. The topological polar surface area (TPSA) is 84.4 Å². The molecule has 2 aliphatic heterocycles. The normalized spacial score (nSPS) is 23.0. The predicted molar refractivity (Wildman–Crippen MR) is 96.0 cm³/mol. The summed E-state index contributed by atoms with van der Waals surface area (Å²) in [5.41, 5.74) is 3.45. The number of nitrogens with one attached hydrogen (secondary N) is 1. The number of likely N-dealkylation sites (tertiary alicyclic amines) is 1. The molecule has 1 N–H and O–H groups in total. The standard InChI is InChI=1S/C19H22N4O3/c1-12-13(2)22-16-10-14(4-5-15(16)21-12)17(24)23-8-3-6-19(7-9-23)11-20-18(25)26-19/h4-5,10H,3,6-9,11H2,1-2H3,(H,20,25). The molecule has 2 saturated heterocycles. The van der Waals surface area contributed by atoms with Crippen LogP contribution in [-0.2, 0) is 4.74 Å². The molecular formula is C19H22N4O3. The van der Waals surface area contributed by atoms with Crippen LogP contribution < -0.4 is 5.32 Å². The zero-order chi connectivity index (χ0) is 18.3. The van der Waals surface area contributed by atoms with Crippen LogP contribution in [0.5, 0.6) is 0 Å². The summed E-state index contributed by atoms with van der Waals surface area (Å²) >= 11 is 0. The fourth-order valence-electron chi connectivity index (χ4n) is 3.70. The Bertz CT molecular complexity index is 898. The predicted octanol–water partition coefficient (Wildman–Crippen LogP) is 2.35. The Balaban J connectivity index is 1.54. The smallest absolute Gasteiger partial charge is 0.407 e. The molecule has 2 fully saturated rings. The fraction of sp³-hybridized carbons (Fsp3) is 0.474. The third kappa shape index (κ3) is 2.98. The number of hydrogen-bond acceptors (Lipinski definition) is 5. The van der Waals surface area contributed by atoms with Gasteiger partial charge in [0.05, 0.1) is 29.0 Å². The highest BCUT2D eigenvalue weighted by atomic mass is 16.6. The second kappa shape index (κ2) is 6.23. The van der Waals surface area contributed by atoms with Crippen molar-refractivity contribution in [2.24, 2.45) is 0 Å². The molecule has 26 heavy (non-hydrogen) atoms. The molecule has 2 aromatic rings. The maximum Gasteiger partial charge on any atom is 0.407 e. The average Bonchev–Trinajstić information content (AvgIpc) is 2.86. The number of nitrogens with zero attached hydrogens (tertiary/aromatic N) is 3. The minimum absolute atomic E-state index is 0.0127. The maximum atomic E-state index is 13.0. The molecule has 7 nitrogen and oxygen atoms in total. The Morgan fingerprint density at radius 3 is 2.65 bits per heavy atom. The van der Waals surface area contributed by atoms with Gasteiger partial charge < -0.3 is 15.0 Å². The van der Waals surface area contributed by atoms with Crippen molar-refractivity contribution in [3.05, 3.63) is 35.2 Å². The van der Waals surface area contributed by atoms with E-state index in [1.807, 2.05) is 36.9 Å². The van der Waals surface area contributed by atoms with Crippen LogP contribution in [0.2, 0.25) is 0 Å². The zero-order valence-corrected chi connectivity index (χ0v) is 15.0. The van der Waals surface area contributed by atoms with Gasteiger partial charge in [-0.1, -0.05) is 0 Å². The van der Waals surface area contributed by atoms with Gasteiger partial charge in [-0.2, -0.15) is 0 Å². The van der Waals surface area contributed by atoms with E-state index < -0.39 is 5.60 Å². The molecule has 7 heteroatoms. The van der Waals surface area contributed by atoms with Crippen molar-refractivity contribution in [3.8, 4) is 0 Å². The van der Waals surface area contributed by atoms with Gasteiger partial charge in [-0.3, -0.25) is 4.79 Å². The quantitative estimate of drug-likeness (QED) is 0.850. The average molecular weight is 354 g/mol. The van der Waals surface area contributed by atoms with E-state index in [2.05, 4.69) is 15.3 Å². The molecule has 4 rings (SSSR count). The van der Waals surface area contributed by atoms with Crippen LogP contribution in [0.1, 0.15) is 41.0 Å². The van der Waals surface area contributed by atoms with Crippen molar-refractivity contribution in [2.45, 2.75) is 38.7 Å². The lowest BCUT2D eigenvalue weighted by Gasteiger charge is -2.25. The number of rotatable bonds is 1. The number of hydrogen-bond donors (Lipinski definition) is 1. The molecule has 2 amide bonds. The molecule has 1 unspecified atom stereocenters. The molecule has 2 aliphatic rings. The molecule has 0 radical (unpaired) electrons. The van der Waals surface area contributed by atoms with Crippen LogP contribution in [0, 0.1) is 13.8 Å². The summed E-state index contributed by atoms with van der Waals surface area (Å²) in [4.78, 5) is 35.3. The van der Waals surface area contributed by atoms with Crippen molar-refractivity contribution in [3.63, 3.8) is 0 Å². The van der Waals surface area contributed by atoms with Crippen LogP contribution in [0.15, 0.2) is 18.2 Å². The van der Waals surface area contributed by atoms with E-state index in [4.69, 9.17) is 4.74 Å². The first kappa shape index (κ1) is 16.8. The summed E-state index contributed by atoms with van der Waals surface area (Å²) in [6, 6.07) is 5.48. The van der Waals surface area contributed by atoms with Crippen LogP contribution >= 0.6 is 0 Å². The van der Waals surface area contributed by atoms with Gasteiger partial charge in [-0.05, 0) is 44.9 Å². The Morgan fingerprint density at radius 1 is 1.15 bits per heavy atom. The van der Waals surface area contributed by atoms with Gasteiger partial charge in [0.1, 0.15) is 5.60 Å². The number of alkyl carbamates (subject to hydrolysis) is 1. The second-order valence-electron chi connectivity index (χ2n) is 7.17. The number of amides is 2. The lowest BCUT2D eigenvalue weighted by molar-refractivity contribution is 0.0438. The summed E-state index contributed by atoms with van der Waals surface area (Å²) < 4.78 is 5.48. The Kier molecular flexibility index (Phi) is 4.01. The maximum absolute atomic E-state index is 13.0. The molecule has 0 saturated carbocycles. The lowest BCUT2D eigenvalue weighted by Crippen LogP contribution is -2.36. The largest absolute Gasteiger partial charge is 0.441 e. The summed E-state index contributed by atoms with van der Waals surface area (Å²) in [5, 5.41) is 2.73. The van der Waals surface area contributed by atoms with E-state index in [0.717, 1.165) is 35.3 Å². The van der Waals surface area contributed by atoms with Gasteiger partial charge in [0.15, 0.2) is 0 Å². The molecule has 1 atom stereocenters. The van der Waals surface area contributed by atoms with Crippen molar-refractivity contribution in [1.29, 1.82) is 0 Å². The molecule has 0 aliphatic carbocycles. The highest BCUT2D eigenvalue weighted by Crippen LogP contribution is 2.30. The zero-order valence-electron chi connectivity index (χ0n) is 15.0. The van der Waals surface area contributed by atoms with Crippen LogP contribution in [0.3, 0.4) is 0 Å². The molecule has 1 aromatic carbocycles. The van der Waals surface area contributed by atoms with Crippen LogP contribution in [0.4, 0.5) is 4.79 Å². The highest BCUT2D eigenvalue weighted by molar-refractivity contribution is 5.97. The number of ether oxygens (including phenoxy) is 1. The molecule has 1 aromatic heterocycles. The van der Waals surface area contributed by atoms with Gasteiger partial charge in [0.25, 0.3) is 5.91 Å². The van der Waals surface area contributed by atoms with E-state index in [1.165, 1.54) is 0 Å². The molecular weight excluding hydrogens is 332 g/mol. The SMILES string of the molecule is Cc1nc2ccc(C(=O)N3CCCC4(CC3)CNC(=O)O4)cc2nc1C. The van der Waals surface area contributed by atoms with Crippen molar-refractivity contribution in [2.75, 3.05) is 19.6 Å². The number of aromatic nitrogens is 2. The fourth-order valence-corrected chi connectivity index (χ4v) is 3.70. The number of carbonyl (C=O) groups is 2. The van der Waals surface area contributed by atoms with Crippen molar-refractivity contribution < 1.29 is 14.3 Å². The molecule has 0 bridgehead atoms. The van der Waals surface area contributed by atoms with Gasteiger partial charge in [0, 0.05) is 25.1 Å². The first-order valence-electron chi connectivity index (χ1n) is 8.97. The van der Waals surface area contributed by atoms with E-state index >= 15 is 0 Å². The minimum atomic E-state index is -0.463. The van der Waals surface area contributed by atoms with Crippen LogP contribution in [0.25, 0.3) is 11.0 Å². The number of carbonyl (C=O) groups excluding carboxylic acids is 2. The molecule has 3 heterocycles. The number of fused-ring (bicyclic) bond motifs is 1. The molecule has 1 spiro atoms. The summed E-state index contributed by atoms with van der Waals surface area (Å²) in [7, 11) is 0. The first-order chi connectivity index (χ1) is 12.5. The van der Waals surface area contributed by atoms with Crippen LogP contribution in [-0.4, -0.2) is 52.1 Å². The minimum Gasteiger partial charge on any atom is -0.441 e. The third-order valence-corrected chi connectivity index (χ3v) is 5.37. The van der Waals surface area contributed by atoms with E-state index in [1.54, 1.807) is 0 Å². The summed E-state index contributed by atoms with van der Waals surface area (Å²) in [5.74, 6) is -0.0127. The van der Waals surface area contributed by atoms with Crippen molar-refractivity contribution >= 4 is 23.0 Å². The number of benzene rings is 1. The number of aryl methyl sites for hydroxylation is 2. The Labute approximate surface area is 151 Å². The third-order valence-electron chi connectivity index (χ3n) is 5.37. The Hall–Kier alpha value is -2.70. The second-order valence-corrected chi connectivity index (χ2v) is 7.17. The van der Waals surface area contributed by atoms with Gasteiger partial charge in [-0.25, -0.2) is 14.8 Å². The van der Waals surface area contributed by atoms with E-state index in [-0.39, 0.29) is 12.0 Å². The Morgan fingerprint density at radius 2 is 1.92 bits per heavy atom. The first-order valence-corrected chi connectivity index (χ1v) is 8.97. The summed E-state index contributed by atoms with van der Waals surface area (Å²) in [6.07, 6.45) is 1.88. The lowest BCUT2D eigenvalue weighted by atomic mass is 9.95. The molecule has 136 valence electrons. The summed E-state index contributed by atoms with van der Waals surface area (Å²) in [6.45, 7) is 5.61. The van der Waals surface area contributed by atoms with Gasteiger partial charge in [-0.15, -0.1) is 0 Å². The van der Waals surface area contributed by atoms with E-state index in [9.17, 15) is 9.59 Å². The van der Waals surface area contributed by atoms with Gasteiger partial charge >= 0.3 is 6.09 Å². The van der Waals surface area contributed by atoms with Gasteiger partial charge in [0.2, 0.25) is 0 Å². The highest BCUT2D eigenvalue weighted by Gasteiger charge is 2.41. The van der Waals surface area contributed by atoms with Crippen molar-refractivity contribution in [1.82, 2.24) is 20.2 Å².